The van der Waals surface area contributed by atoms with Gasteiger partial charge in [0.1, 0.15) is 5.75 Å². The van der Waals surface area contributed by atoms with Crippen LogP contribution in [0.15, 0.2) is 71.9 Å². The number of hydrogen-bond acceptors (Lipinski definition) is 4. The number of nitrogens with zero attached hydrogens (tertiary/aromatic N) is 4. The van der Waals surface area contributed by atoms with Crippen molar-refractivity contribution in [2.75, 3.05) is 20.2 Å². The van der Waals surface area contributed by atoms with E-state index in [-0.39, 0.29) is 0 Å². The Labute approximate surface area is 169 Å². The number of rotatable bonds is 7. The zero-order valence-corrected chi connectivity index (χ0v) is 16.4. The van der Waals surface area contributed by atoms with Crippen LogP contribution in [0, 0.1) is 0 Å². The van der Waals surface area contributed by atoms with Gasteiger partial charge in [-0.15, -0.1) is 10.2 Å². The smallest absolute Gasteiger partial charge is 0.191 e. The molecule has 2 aromatic carbocycles. The molecule has 0 unspecified atom stereocenters. The molecule has 2 aromatic heterocycles. The molecule has 0 saturated heterocycles. The SMILES string of the molecule is CN=C(NCCCOc1ccc2ccccc2c1)NCc1nnc2ccccn12. The van der Waals surface area contributed by atoms with E-state index in [4.69, 9.17) is 4.74 Å². The van der Waals surface area contributed by atoms with Crippen molar-refractivity contribution in [2.45, 2.75) is 13.0 Å². The maximum Gasteiger partial charge on any atom is 0.191 e. The van der Waals surface area contributed by atoms with Gasteiger partial charge in [-0.2, -0.15) is 0 Å². The number of benzene rings is 2. The molecule has 0 aliphatic carbocycles. The summed E-state index contributed by atoms with van der Waals surface area (Å²) < 4.78 is 7.83. The van der Waals surface area contributed by atoms with Crippen LogP contribution >= 0.6 is 0 Å². The summed E-state index contributed by atoms with van der Waals surface area (Å²) in [4.78, 5) is 4.25. The molecule has 7 heteroatoms. The molecule has 0 atom stereocenters. The Morgan fingerprint density at radius 2 is 1.86 bits per heavy atom. The molecule has 0 spiro atoms. The average Bonchev–Trinajstić information content (AvgIpc) is 3.18. The zero-order valence-electron chi connectivity index (χ0n) is 16.4. The first-order chi connectivity index (χ1) is 14.3. The van der Waals surface area contributed by atoms with Gasteiger partial charge in [-0.25, -0.2) is 0 Å². The van der Waals surface area contributed by atoms with Gasteiger partial charge in [-0.1, -0.05) is 36.4 Å². The van der Waals surface area contributed by atoms with Crippen LogP contribution in [0.2, 0.25) is 0 Å². The van der Waals surface area contributed by atoms with E-state index in [0.717, 1.165) is 36.1 Å². The number of ether oxygens (including phenoxy) is 1. The molecular weight excluding hydrogens is 364 g/mol. The molecule has 0 fully saturated rings. The van der Waals surface area contributed by atoms with Gasteiger partial charge in [0.25, 0.3) is 0 Å². The fourth-order valence-electron chi connectivity index (χ4n) is 3.12. The van der Waals surface area contributed by atoms with Crippen molar-refractivity contribution in [3.63, 3.8) is 0 Å². The molecule has 0 bridgehead atoms. The normalized spacial score (nSPS) is 11.7. The van der Waals surface area contributed by atoms with E-state index in [1.165, 1.54) is 10.8 Å². The zero-order chi connectivity index (χ0) is 19.9. The van der Waals surface area contributed by atoms with Gasteiger partial charge in [0.15, 0.2) is 17.4 Å². The molecule has 7 nitrogen and oxygen atoms in total. The highest BCUT2D eigenvalue weighted by molar-refractivity contribution is 5.83. The van der Waals surface area contributed by atoms with Crippen LogP contribution in [0.5, 0.6) is 5.75 Å². The largest absolute Gasteiger partial charge is 0.494 e. The fraction of sp³-hybridized carbons (Fsp3) is 0.227. The van der Waals surface area contributed by atoms with Crippen molar-refractivity contribution >= 4 is 22.4 Å². The van der Waals surface area contributed by atoms with E-state index in [9.17, 15) is 0 Å². The summed E-state index contributed by atoms with van der Waals surface area (Å²) >= 11 is 0. The molecular formula is C22H24N6O. The predicted molar refractivity (Wildman–Crippen MR) is 115 cm³/mol. The van der Waals surface area contributed by atoms with Crippen LogP contribution in [0.1, 0.15) is 12.2 Å². The average molecular weight is 388 g/mol. The maximum absolute atomic E-state index is 5.87. The number of guanidine groups is 1. The van der Waals surface area contributed by atoms with Crippen LogP contribution in [-0.2, 0) is 6.54 Å². The van der Waals surface area contributed by atoms with E-state index >= 15 is 0 Å². The topological polar surface area (TPSA) is 75.8 Å². The van der Waals surface area contributed by atoms with Crippen LogP contribution in [0.25, 0.3) is 16.4 Å². The van der Waals surface area contributed by atoms with Gasteiger partial charge in [0.05, 0.1) is 13.2 Å². The Morgan fingerprint density at radius 3 is 2.76 bits per heavy atom. The number of aliphatic imine (C=N–C) groups is 1. The van der Waals surface area contributed by atoms with E-state index in [2.05, 4.69) is 50.1 Å². The number of pyridine rings is 1. The summed E-state index contributed by atoms with van der Waals surface area (Å²) in [6.45, 7) is 1.93. The number of aromatic nitrogens is 3. The first-order valence-corrected chi connectivity index (χ1v) is 9.68. The molecule has 0 amide bonds. The summed E-state index contributed by atoms with van der Waals surface area (Å²) in [7, 11) is 1.75. The van der Waals surface area contributed by atoms with E-state index in [1.807, 2.05) is 47.0 Å². The van der Waals surface area contributed by atoms with Crippen molar-refractivity contribution in [1.29, 1.82) is 0 Å². The molecule has 2 heterocycles. The van der Waals surface area contributed by atoms with Gasteiger partial charge in [-0.05, 0) is 41.5 Å². The van der Waals surface area contributed by atoms with Crippen LogP contribution in [-0.4, -0.2) is 40.8 Å². The molecule has 2 N–H and O–H groups in total. The summed E-state index contributed by atoms with van der Waals surface area (Å²) in [6, 6.07) is 20.3. The van der Waals surface area contributed by atoms with Crippen molar-refractivity contribution in [3.8, 4) is 5.75 Å². The van der Waals surface area contributed by atoms with Gasteiger partial charge >= 0.3 is 0 Å². The van der Waals surface area contributed by atoms with Crippen molar-refractivity contribution in [2.24, 2.45) is 4.99 Å². The number of nitrogens with one attached hydrogen (secondary N) is 2. The second-order valence-corrected chi connectivity index (χ2v) is 6.61. The Balaban J connectivity index is 1.20. The number of fused-ring (bicyclic) bond motifs is 2. The first kappa shape index (κ1) is 18.7. The molecule has 29 heavy (non-hydrogen) atoms. The van der Waals surface area contributed by atoms with Crippen molar-refractivity contribution < 1.29 is 4.74 Å². The molecule has 0 aliphatic heterocycles. The summed E-state index contributed by atoms with van der Waals surface area (Å²) in [5, 5.41) is 17.3. The van der Waals surface area contributed by atoms with Crippen LogP contribution in [0.3, 0.4) is 0 Å². The van der Waals surface area contributed by atoms with Gasteiger partial charge in [0, 0.05) is 19.8 Å². The third-order valence-corrected chi connectivity index (χ3v) is 4.63. The third kappa shape index (κ3) is 4.63. The van der Waals surface area contributed by atoms with Crippen molar-refractivity contribution in [1.82, 2.24) is 25.2 Å². The Morgan fingerprint density at radius 1 is 1.00 bits per heavy atom. The quantitative estimate of drug-likeness (QED) is 0.289. The summed E-state index contributed by atoms with van der Waals surface area (Å²) in [6.07, 6.45) is 2.81. The highest BCUT2D eigenvalue weighted by Gasteiger charge is 2.05. The summed E-state index contributed by atoms with van der Waals surface area (Å²) in [5.41, 5.74) is 0.832. The molecule has 4 aromatic rings. The predicted octanol–water partition coefficient (Wildman–Crippen LogP) is 3.02. The minimum atomic E-state index is 0.540. The van der Waals surface area contributed by atoms with E-state index in [1.54, 1.807) is 7.05 Å². The molecule has 4 rings (SSSR count). The standard InChI is InChI=1S/C22H24N6O/c1-23-22(25-16-21-27-26-20-9-4-5-13-28(20)21)24-12-6-14-29-19-11-10-17-7-2-3-8-18(17)15-19/h2-5,7-11,13,15H,6,12,14,16H2,1H3,(H2,23,24,25). The molecule has 148 valence electrons. The lowest BCUT2D eigenvalue weighted by atomic mass is 10.1. The van der Waals surface area contributed by atoms with Gasteiger partial charge < -0.3 is 15.4 Å². The van der Waals surface area contributed by atoms with Crippen LogP contribution < -0.4 is 15.4 Å². The van der Waals surface area contributed by atoms with Gasteiger partial charge in [-0.3, -0.25) is 9.39 Å². The highest BCUT2D eigenvalue weighted by Crippen LogP contribution is 2.20. The van der Waals surface area contributed by atoms with E-state index < -0.39 is 0 Å². The second kappa shape index (κ2) is 9.05. The maximum atomic E-state index is 5.87. The minimum absolute atomic E-state index is 0.540. The highest BCUT2D eigenvalue weighted by atomic mass is 16.5. The Bertz CT molecular complexity index is 1120. The lowest BCUT2D eigenvalue weighted by Gasteiger charge is -2.12. The second-order valence-electron chi connectivity index (χ2n) is 6.61. The first-order valence-electron chi connectivity index (χ1n) is 9.68. The van der Waals surface area contributed by atoms with Crippen LogP contribution in [0.4, 0.5) is 0 Å². The van der Waals surface area contributed by atoms with Gasteiger partial charge in [0.2, 0.25) is 0 Å². The molecule has 0 saturated carbocycles. The minimum Gasteiger partial charge on any atom is -0.494 e. The Hall–Kier alpha value is -3.61. The lowest BCUT2D eigenvalue weighted by Crippen LogP contribution is -2.38. The molecule has 0 aliphatic rings. The third-order valence-electron chi connectivity index (χ3n) is 4.63. The van der Waals surface area contributed by atoms with Crippen molar-refractivity contribution in [3.05, 3.63) is 72.7 Å². The van der Waals surface area contributed by atoms with E-state index in [0.29, 0.717) is 13.2 Å². The Kier molecular flexibility index (Phi) is 5.85. The monoisotopic (exact) mass is 388 g/mol. The molecule has 0 radical (unpaired) electrons. The lowest BCUT2D eigenvalue weighted by molar-refractivity contribution is 0.311. The number of hydrogen-bond donors (Lipinski definition) is 2. The summed E-state index contributed by atoms with van der Waals surface area (Å²) in [5.74, 6) is 2.46. The fourth-order valence-corrected chi connectivity index (χ4v) is 3.12.